The van der Waals surface area contributed by atoms with Crippen molar-refractivity contribution >= 4 is 0 Å². The van der Waals surface area contributed by atoms with Gasteiger partial charge in [0.05, 0.1) is 0 Å². The standard InChI is InChI=1S/C25H35NO/c1-3-4-8-15-25(22-11-6-5-7-12-22,16-19-26-17-9-10-18-26)23-20-21(2)13-14-24(23)27/h5-7,11-14,20,27H,3-4,8-10,15-19H2,1-2H3. The van der Waals surface area contributed by atoms with E-state index in [4.69, 9.17) is 0 Å². The maximum Gasteiger partial charge on any atom is 0.119 e. The second kappa shape index (κ2) is 9.41. The molecule has 0 amide bonds. The third-order valence-electron chi connectivity index (χ3n) is 6.25. The molecule has 146 valence electrons. The first-order valence-corrected chi connectivity index (χ1v) is 10.7. The van der Waals surface area contributed by atoms with Crippen LogP contribution in [0.1, 0.15) is 68.6 Å². The molecule has 1 aliphatic rings. The summed E-state index contributed by atoms with van der Waals surface area (Å²) >= 11 is 0. The molecule has 1 fully saturated rings. The number of phenols is 1. The number of hydrogen-bond donors (Lipinski definition) is 1. The van der Waals surface area contributed by atoms with Gasteiger partial charge in [0, 0.05) is 11.0 Å². The van der Waals surface area contributed by atoms with E-state index >= 15 is 0 Å². The first kappa shape index (κ1) is 19.9. The molecular weight excluding hydrogens is 330 g/mol. The minimum atomic E-state index is -0.116. The summed E-state index contributed by atoms with van der Waals surface area (Å²) < 4.78 is 0. The second-order valence-electron chi connectivity index (χ2n) is 8.22. The summed E-state index contributed by atoms with van der Waals surface area (Å²) in [6, 6.07) is 17.0. The van der Waals surface area contributed by atoms with Crippen LogP contribution in [0.4, 0.5) is 0 Å². The number of aromatic hydroxyl groups is 1. The van der Waals surface area contributed by atoms with Crippen molar-refractivity contribution in [2.45, 2.75) is 64.2 Å². The smallest absolute Gasteiger partial charge is 0.119 e. The van der Waals surface area contributed by atoms with Gasteiger partial charge in [0.1, 0.15) is 5.75 Å². The molecule has 2 aromatic rings. The Morgan fingerprint density at radius 1 is 0.963 bits per heavy atom. The third kappa shape index (κ3) is 4.73. The average molecular weight is 366 g/mol. The Labute approximate surface area is 165 Å². The van der Waals surface area contributed by atoms with Gasteiger partial charge >= 0.3 is 0 Å². The maximum absolute atomic E-state index is 10.9. The number of rotatable bonds is 9. The molecule has 27 heavy (non-hydrogen) atoms. The largest absolute Gasteiger partial charge is 0.508 e. The Kier molecular flexibility index (Phi) is 6.95. The van der Waals surface area contributed by atoms with Crippen molar-refractivity contribution in [1.29, 1.82) is 0 Å². The fourth-order valence-electron chi connectivity index (χ4n) is 4.66. The van der Waals surface area contributed by atoms with Crippen molar-refractivity contribution in [2.24, 2.45) is 0 Å². The zero-order chi connectivity index (χ0) is 19.1. The molecule has 1 unspecified atom stereocenters. The van der Waals surface area contributed by atoms with Crippen LogP contribution in [-0.2, 0) is 5.41 Å². The zero-order valence-corrected chi connectivity index (χ0v) is 17.1. The quantitative estimate of drug-likeness (QED) is 0.547. The number of benzene rings is 2. The van der Waals surface area contributed by atoms with Crippen LogP contribution in [0.3, 0.4) is 0 Å². The Balaban J connectivity index is 2.03. The molecule has 0 spiro atoms. The van der Waals surface area contributed by atoms with Crippen molar-refractivity contribution in [3.63, 3.8) is 0 Å². The highest BCUT2D eigenvalue weighted by molar-refractivity contribution is 5.48. The van der Waals surface area contributed by atoms with Crippen molar-refractivity contribution < 1.29 is 5.11 Å². The van der Waals surface area contributed by atoms with E-state index in [1.165, 1.54) is 56.3 Å². The van der Waals surface area contributed by atoms with Gasteiger partial charge in [-0.1, -0.05) is 74.2 Å². The fourth-order valence-corrected chi connectivity index (χ4v) is 4.66. The zero-order valence-electron chi connectivity index (χ0n) is 17.1. The van der Waals surface area contributed by atoms with E-state index in [2.05, 4.69) is 55.1 Å². The summed E-state index contributed by atoms with van der Waals surface area (Å²) in [5.74, 6) is 0.447. The van der Waals surface area contributed by atoms with Gasteiger partial charge in [-0.2, -0.15) is 0 Å². The van der Waals surface area contributed by atoms with Crippen LogP contribution in [0.2, 0.25) is 0 Å². The number of aryl methyl sites for hydroxylation is 1. The predicted molar refractivity (Wildman–Crippen MR) is 114 cm³/mol. The number of unbranched alkanes of at least 4 members (excludes halogenated alkanes) is 2. The molecule has 0 radical (unpaired) electrons. The van der Waals surface area contributed by atoms with Crippen LogP contribution in [0.5, 0.6) is 5.75 Å². The van der Waals surface area contributed by atoms with Gasteiger partial charge in [0.2, 0.25) is 0 Å². The van der Waals surface area contributed by atoms with Crippen molar-refractivity contribution in [3.05, 3.63) is 65.2 Å². The van der Waals surface area contributed by atoms with Crippen LogP contribution in [0, 0.1) is 6.92 Å². The van der Waals surface area contributed by atoms with Gasteiger partial charge in [-0.25, -0.2) is 0 Å². The van der Waals surface area contributed by atoms with E-state index in [-0.39, 0.29) is 5.41 Å². The van der Waals surface area contributed by atoms with E-state index in [0.717, 1.165) is 24.9 Å². The Morgan fingerprint density at radius 2 is 1.70 bits per heavy atom. The van der Waals surface area contributed by atoms with Crippen molar-refractivity contribution in [3.8, 4) is 5.75 Å². The lowest BCUT2D eigenvalue weighted by Gasteiger charge is -2.37. The van der Waals surface area contributed by atoms with Crippen LogP contribution in [-0.4, -0.2) is 29.6 Å². The highest BCUT2D eigenvalue weighted by Crippen LogP contribution is 2.44. The molecule has 0 saturated carbocycles. The highest BCUT2D eigenvalue weighted by atomic mass is 16.3. The first-order valence-electron chi connectivity index (χ1n) is 10.7. The lowest BCUT2D eigenvalue weighted by atomic mass is 9.68. The third-order valence-corrected chi connectivity index (χ3v) is 6.25. The molecule has 2 aromatic carbocycles. The van der Waals surface area contributed by atoms with E-state index < -0.39 is 0 Å². The Hall–Kier alpha value is -1.80. The molecule has 2 nitrogen and oxygen atoms in total. The molecular formula is C25H35NO. The van der Waals surface area contributed by atoms with E-state index in [9.17, 15) is 5.11 Å². The average Bonchev–Trinajstić information content (AvgIpc) is 3.21. The fraction of sp³-hybridized carbons (Fsp3) is 0.520. The molecule has 0 bridgehead atoms. The topological polar surface area (TPSA) is 23.5 Å². The number of likely N-dealkylation sites (tertiary alicyclic amines) is 1. The molecule has 3 rings (SSSR count). The maximum atomic E-state index is 10.9. The summed E-state index contributed by atoms with van der Waals surface area (Å²) in [6.45, 7) is 7.94. The van der Waals surface area contributed by atoms with Gasteiger partial charge in [-0.15, -0.1) is 0 Å². The molecule has 1 aliphatic heterocycles. The number of phenolic OH excluding ortho intramolecular Hbond substituents is 1. The van der Waals surface area contributed by atoms with Gasteiger partial charge < -0.3 is 10.0 Å². The molecule has 1 N–H and O–H groups in total. The van der Waals surface area contributed by atoms with Gasteiger partial charge in [0.25, 0.3) is 0 Å². The first-order chi connectivity index (χ1) is 13.2. The molecule has 1 atom stereocenters. The second-order valence-corrected chi connectivity index (χ2v) is 8.22. The summed E-state index contributed by atoms with van der Waals surface area (Å²) in [7, 11) is 0. The molecule has 1 saturated heterocycles. The van der Waals surface area contributed by atoms with Crippen molar-refractivity contribution in [1.82, 2.24) is 4.90 Å². The summed E-state index contributed by atoms with van der Waals surface area (Å²) in [5.41, 5.74) is 3.57. The highest BCUT2D eigenvalue weighted by Gasteiger charge is 2.36. The van der Waals surface area contributed by atoms with E-state index in [1.807, 2.05) is 12.1 Å². The molecule has 0 aliphatic carbocycles. The van der Waals surface area contributed by atoms with Crippen LogP contribution >= 0.6 is 0 Å². The lowest BCUT2D eigenvalue weighted by molar-refractivity contribution is 0.283. The van der Waals surface area contributed by atoms with Crippen LogP contribution in [0.25, 0.3) is 0 Å². The molecule has 1 heterocycles. The SMILES string of the molecule is CCCCCC(CCN1CCCC1)(c1ccccc1)c1cc(C)ccc1O. The minimum Gasteiger partial charge on any atom is -0.508 e. The lowest BCUT2D eigenvalue weighted by Crippen LogP contribution is -2.34. The number of hydrogen-bond acceptors (Lipinski definition) is 2. The van der Waals surface area contributed by atoms with E-state index in [1.54, 1.807) is 0 Å². The summed E-state index contributed by atoms with van der Waals surface area (Å²) in [5, 5.41) is 10.9. The van der Waals surface area contributed by atoms with Crippen LogP contribution in [0.15, 0.2) is 48.5 Å². The molecule has 0 aromatic heterocycles. The molecule has 2 heteroatoms. The summed E-state index contributed by atoms with van der Waals surface area (Å²) in [6.07, 6.45) is 8.46. The number of nitrogens with zero attached hydrogens (tertiary/aromatic N) is 1. The minimum absolute atomic E-state index is 0.116. The van der Waals surface area contributed by atoms with Gasteiger partial charge in [-0.3, -0.25) is 0 Å². The van der Waals surface area contributed by atoms with Crippen LogP contribution < -0.4 is 0 Å². The Bertz CT molecular complexity index is 706. The monoisotopic (exact) mass is 365 g/mol. The van der Waals surface area contributed by atoms with Gasteiger partial charge in [0.15, 0.2) is 0 Å². The van der Waals surface area contributed by atoms with E-state index in [0.29, 0.717) is 5.75 Å². The Morgan fingerprint density at radius 3 is 2.41 bits per heavy atom. The predicted octanol–water partition coefficient (Wildman–Crippen LogP) is 6.05. The summed E-state index contributed by atoms with van der Waals surface area (Å²) in [4.78, 5) is 2.60. The van der Waals surface area contributed by atoms with Gasteiger partial charge in [-0.05, 0) is 63.9 Å². The van der Waals surface area contributed by atoms with Crippen molar-refractivity contribution in [2.75, 3.05) is 19.6 Å². The normalized spacial score (nSPS) is 17.1.